The van der Waals surface area contributed by atoms with Crippen molar-refractivity contribution in [3.63, 3.8) is 0 Å². The molecule has 1 atom stereocenters. The fraction of sp³-hybridized carbons (Fsp3) is 0.429. The number of carbonyl (C=O) groups excluding carboxylic acids is 2. The molecule has 1 fully saturated rings. The fourth-order valence-electron chi connectivity index (χ4n) is 1.94. The number of phenols is 1. The molecule has 1 saturated heterocycles. The summed E-state index contributed by atoms with van der Waals surface area (Å²) in [5, 5.41) is 12.1. The highest BCUT2D eigenvalue weighted by atomic mass is 16.5. The van der Waals surface area contributed by atoms with Gasteiger partial charge in [-0.3, -0.25) is 4.79 Å². The van der Waals surface area contributed by atoms with Crippen molar-refractivity contribution in [2.24, 2.45) is 0 Å². The molecule has 1 aliphatic rings. The molecule has 0 aliphatic carbocycles. The van der Waals surface area contributed by atoms with Crippen molar-refractivity contribution >= 4 is 11.9 Å². The van der Waals surface area contributed by atoms with Gasteiger partial charge in [0.2, 0.25) is 0 Å². The van der Waals surface area contributed by atoms with E-state index < -0.39 is 5.97 Å². The number of aromatic hydroxyl groups is 1. The van der Waals surface area contributed by atoms with Gasteiger partial charge in [-0.1, -0.05) is 12.1 Å². The first-order chi connectivity index (χ1) is 9.66. The van der Waals surface area contributed by atoms with Crippen LogP contribution in [-0.4, -0.2) is 42.8 Å². The Hall–Kier alpha value is -2.08. The number of hydrogen-bond donors (Lipinski definition) is 2. The number of esters is 1. The molecule has 0 radical (unpaired) electrons. The number of hydrogen-bond acceptors (Lipinski definition) is 5. The monoisotopic (exact) mass is 279 g/mol. The van der Waals surface area contributed by atoms with Gasteiger partial charge in [0.25, 0.3) is 5.91 Å². The lowest BCUT2D eigenvalue weighted by molar-refractivity contribution is -0.124. The van der Waals surface area contributed by atoms with Crippen LogP contribution in [0, 0.1) is 0 Å². The molecule has 0 unspecified atom stereocenters. The Kier molecular flexibility index (Phi) is 4.95. The number of carbonyl (C=O) groups is 2. The van der Waals surface area contributed by atoms with E-state index in [0.29, 0.717) is 6.54 Å². The molecule has 20 heavy (non-hydrogen) atoms. The molecule has 0 bridgehead atoms. The van der Waals surface area contributed by atoms with Crippen molar-refractivity contribution < 1.29 is 24.2 Å². The van der Waals surface area contributed by atoms with Crippen molar-refractivity contribution in [2.45, 2.75) is 18.9 Å². The van der Waals surface area contributed by atoms with Crippen LogP contribution >= 0.6 is 0 Å². The summed E-state index contributed by atoms with van der Waals surface area (Å²) >= 11 is 0. The molecule has 0 aromatic heterocycles. The molecule has 1 aromatic carbocycles. The van der Waals surface area contributed by atoms with Gasteiger partial charge in [-0.25, -0.2) is 4.79 Å². The number of rotatable bonds is 5. The predicted molar refractivity (Wildman–Crippen MR) is 70.4 cm³/mol. The summed E-state index contributed by atoms with van der Waals surface area (Å²) < 4.78 is 10.2. The second-order valence-electron chi connectivity index (χ2n) is 4.53. The average molecular weight is 279 g/mol. The number of para-hydroxylation sites is 1. The molecular weight excluding hydrogens is 262 g/mol. The molecule has 1 heterocycles. The van der Waals surface area contributed by atoms with E-state index in [-0.39, 0.29) is 29.9 Å². The number of nitrogens with one attached hydrogen (secondary N) is 1. The Balaban J connectivity index is 1.72. The summed E-state index contributed by atoms with van der Waals surface area (Å²) in [4.78, 5) is 23.2. The highest BCUT2D eigenvalue weighted by Gasteiger charge is 2.17. The van der Waals surface area contributed by atoms with E-state index in [1.807, 2.05) is 0 Å². The fourth-order valence-corrected chi connectivity index (χ4v) is 1.94. The first-order valence-electron chi connectivity index (χ1n) is 6.50. The van der Waals surface area contributed by atoms with Crippen LogP contribution in [0.25, 0.3) is 0 Å². The normalized spacial score (nSPS) is 17.7. The summed E-state index contributed by atoms with van der Waals surface area (Å²) in [6.45, 7) is 0.773. The summed E-state index contributed by atoms with van der Waals surface area (Å²) in [6, 6.07) is 6.02. The third-order valence-corrected chi connectivity index (χ3v) is 3.01. The van der Waals surface area contributed by atoms with Gasteiger partial charge in [0.1, 0.15) is 11.3 Å². The first-order valence-corrected chi connectivity index (χ1v) is 6.50. The maximum Gasteiger partial charge on any atom is 0.342 e. The van der Waals surface area contributed by atoms with Crippen LogP contribution in [0.1, 0.15) is 23.2 Å². The van der Waals surface area contributed by atoms with Crippen LogP contribution in [-0.2, 0) is 14.3 Å². The number of benzene rings is 1. The van der Waals surface area contributed by atoms with Gasteiger partial charge in [-0.05, 0) is 25.0 Å². The molecule has 2 N–H and O–H groups in total. The van der Waals surface area contributed by atoms with Crippen LogP contribution in [0.3, 0.4) is 0 Å². The van der Waals surface area contributed by atoms with Gasteiger partial charge in [-0.15, -0.1) is 0 Å². The van der Waals surface area contributed by atoms with Crippen molar-refractivity contribution in [3.8, 4) is 5.75 Å². The maximum absolute atomic E-state index is 11.6. The number of amides is 1. The maximum atomic E-state index is 11.6. The van der Waals surface area contributed by atoms with E-state index >= 15 is 0 Å². The third kappa shape index (κ3) is 3.96. The average Bonchev–Trinajstić information content (AvgIpc) is 2.96. The molecule has 0 spiro atoms. The molecule has 6 heteroatoms. The van der Waals surface area contributed by atoms with Crippen LogP contribution in [0.4, 0.5) is 0 Å². The van der Waals surface area contributed by atoms with Gasteiger partial charge in [0.05, 0.1) is 6.10 Å². The quantitative estimate of drug-likeness (QED) is 0.780. The highest BCUT2D eigenvalue weighted by molar-refractivity contribution is 5.93. The summed E-state index contributed by atoms with van der Waals surface area (Å²) in [6.07, 6.45) is 1.98. The molecular formula is C14H17NO5. The lowest BCUT2D eigenvalue weighted by atomic mass is 10.2. The van der Waals surface area contributed by atoms with E-state index in [1.54, 1.807) is 12.1 Å². The van der Waals surface area contributed by atoms with Gasteiger partial charge in [0.15, 0.2) is 6.61 Å². The van der Waals surface area contributed by atoms with Crippen LogP contribution in [0.15, 0.2) is 24.3 Å². The third-order valence-electron chi connectivity index (χ3n) is 3.01. The number of ether oxygens (including phenoxy) is 2. The smallest absolute Gasteiger partial charge is 0.342 e. The summed E-state index contributed by atoms with van der Waals surface area (Å²) in [5.74, 6) is -1.28. The zero-order chi connectivity index (χ0) is 14.4. The summed E-state index contributed by atoms with van der Waals surface area (Å²) in [5.41, 5.74) is 0.0411. The lowest BCUT2D eigenvalue weighted by Gasteiger charge is -2.11. The van der Waals surface area contributed by atoms with Crippen molar-refractivity contribution in [2.75, 3.05) is 19.8 Å². The first kappa shape index (κ1) is 14.3. The predicted octanol–water partition coefficient (Wildman–Crippen LogP) is 0.844. The van der Waals surface area contributed by atoms with Crippen molar-refractivity contribution in [1.82, 2.24) is 5.32 Å². The van der Waals surface area contributed by atoms with E-state index in [0.717, 1.165) is 19.4 Å². The van der Waals surface area contributed by atoms with Crippen molar-refractivity contribution in [1.29, 1.82) is 0 Å². The second-order valence-corrected chi connectivity index (χ2v) is 4.53. The number of phenolic OH excluding ortho intramolecular Hbond substituents is 1. The Morgan fingerprint density at radius 3 is 2.90 bits per heavy atom. The Bertz CT molecular complexity index is 482. The SMILES string of the molecule is O=C(COC(=O)c1ccccc1O)NC[C@H]1CCCO1. The topological polar surface area (TPSA) is 84.9 Å². The lowest BCUT2D eigenvalue weighted by Crippen LogP contribution is -2.34. The molecule has 1 aromatic rings. The van der Waals surface area contributed by atoms with Crippen molar-refractivity contribution in [3.05, 3.63) is 29.8 Å². The Morgan fingerprint density at radius 1 is 1.40 bits per heavy atom. The standard InChI is InChI=1S/C14H17NO5/c16-12-6-2-1-5-11(12)14(18)20-9-13(17)15-8-10-4-3-7-19-10/h1-2,5-6,10,16H,3-4,7-9H2,(H,15,17)/t10-/m1/s1. The van der Waals surface area contributed by atoms with E-state index in [4.69, 9.17) is 9.47 Å². The van der Waals surface area contributed by atoms with Crippen LogP contribution in [0.2, 0.25) is 0 Å². The van der Waals surface area contributed by atoms with Gasteiger partial charge in [-0.2, -0.15) is 0 Å². The molecule has 2 rings (SSSR count). The molecule has 6 nitrogen and oxygen atoms in total. The minimum Gasteiger partial charge on any atom is -0.507 e. The Morgan fingerprint density at radius 2 is 2.20 bits per heavy atom. The second kappa shape index (κ2) is 6.91. The zero-order valence-electron chi connectivity index (χ0n) is 11.0. The van der Waals surface area contributed by atoms with Crippen LogP contribution in [0.5, 0.6) is 5.75 Å². The molecule has 1 amide bonds. The molecule has 1 aliphatic heterocycles. The minimum atomic E-state index is -0.727. The molecule has 0 saturated carbocycles. The minimum absolute atomic E-state index is 0.0411. The van der Waals surface area contributed by atoms with Gasteiger partial charge >= 0.3 is 5.97 Å². The summed E-state index contributed by atoms with van der Waals surface area (Å²) in [7, 11) is 0. The van der Waals surface area contributed by atoms with Gasteiger partial charge in [0, 0.05) is 13.2 Å². The Labute approximate surface area is 116 Å². The highest BCUT2D eigenvalue weighted by Crippen LogP contribution is 2.16. The van der Waals surface area contributed by atoms with E-state index in [1.165, 1.54) is 12.1 Å². The van der Waals surface area contributed by atoms with Gasteiger partial charge < -0.3 is 19.9 Å². The van der Waals surface area contributed by atoms with Crippen LogP contribution < -0.4 is 5.32 Å². The van der Waals surface area contributed by atoms with E-state index in [2.05, 4.69) is 5.32 Å². The molecule has 108 valence electrons. The zero-order valence-corrected chi connectivity index (χ0v) is 11.0. The van der Waals surface area contributed by atoms with E-state index in [9.17, 15) is 14.7 Å². The largest absolute Gasteiger partial charge is 0.507 e.